The van der Waals surface area contributed by atoms with Crippen LogP contribution >= 0.6 is 0 Å². The van der Waals surface area contributed by atoms with E-state index in [-0.39, 0.29) is 0 Å². The van der Waals surface area contributed by atoms with Gasteiger partial charge in [-0.2, -0.15) is 0 Å². The number of hydrogen-bond donors (Lipinski definition) is 1. The van der Waals surface area contributed by atoms with Crippen LogP contribution in [-0.2, 0) is 4.74 Å². The van der Waals surface area contributed by atoms with Crippen LogP contribution in [0.15, 0.2) is 24.3 Å². The van der Waals surface area contributed by atoms with Gasteiger partial charge >= 0.3 is 0 Å². The van der Waals surface area contributed by atoms with Gasteiger partial charge in [-0.05, 0) is 25.3 Å². The second-order valence-corrected chi connectivity index (χ2v) is 5.70. The van der Waals surface area contributed by atoms with Crippen LogP contribution < -0.4 is 10.1 Å². The Hall–Kier alpha value is -1.06. The van der Waals surface area contributed by atoms with Crippen molar-refractivity contribution in [3.8, 4) is 5.75 Å². The molecule has 0 saturated carbocycles. The summed E-state index contributed by atoms with van der Waals surface area (Å²) in [5.41, 5.74) is 1.29. The minimum Gasteiger partial charge on any atom is -0.493 e. The van der Waals surface area contributed by atoms with Crippen LogP contribution in [-0.4, -0.2) is 25.9 Å². The van der Waals surface area contributed by atoms with Crippen molar-refractivity contribution in [2.75, 3.05) is 19.8 Å². The minimum absolute atomic E-state index is 0.385. The smallest absolute Gasteiger partial charge is 0.124 e. The van der Waals surface area contributed by atoms with Gasteiger partial charge in [-0.15, -0.1) is 0 Å². The van der Waals surface area contributed by atoms with E-state index in [0.29, 0.717) is 18.1 Å². The molecule has 3 nitrogen and oxygen atoms in total. The van der Waals surface area contributed by atoms with Gasteiger partial charge in [0.1, 0.15) is 5.75 Å². The maximum Gasteiger partial charge on any atom is 0.124 e. The molecular formula is C16H23NO2. The second kappa shape index (κ2) is 5.93. The van der Waals surface area contributed by atoms with E-state index in [1.807, 2.05) is 6.07 Å². The van der Waals surface area contributed by atoms with Crippen molar-refractivity contribution in [3.63, 3.8) is 0 Å². The average Bonchev–Trinajstić information content (AvgIpc) is 2.47. The van der Waals surface area contributed by atoms with Gasteiger partial charge in [0.2, 0.25) is 0 Å². The lowest BCUT2D eigenvalue weighted by atomic mass is 9.92. The van der Waals surface area contributed by atoms with E-state index in [4.69, 9.17) is 9.47 Å². The van der Waals surface area contributed by atoms with E-state index in [1.54, 1.807) is 0 Å². The number of para-hydroxylation sites is 1. The molecule has 0 aromatic heterocycles. The zero-order valence-corrected chi connectivity index (χ0v) is 11.6. The molecule has 0 radical (unpaired) electrons. The molecule has 0 bridgehead atoms. The van der Waals surface area contributed by atoms with E-state index in [1.165, 1.54) is 24.8 Å². The van der Waals surface area contributed by atoms with Crippen molar-refractivity contribution in [3.05, 3.63) is 29.8 Å². The van der Waals surface area contributed by atoms with E-state index in [2.05, 4.69) is 30.4 Å². The van der Waals surface area contributed by atoms with Crippen LogP contribution in [0, 0.1) is 5.92 Å². The third kappa shape index (κ3) is 2.93. The van der Waals surface area contributed by atoms with Crippen LogP contribution in [0.5, 0.6) is 5.75 Å². The zero-order valence-electron chi connectivity index (χ0n) is 11.6. The number of hydrogen-bond acceptors (Lipinski definition) is 3. The number of benzene rings is 1. The third-order valence-electron chi connectivity index (χ3n) is 4.16. The molecule has 0 amide bonds. The number of nitrogens with one attached hydrogen (secondary N) is 1. The van der Waals surface area contributed by atoms with E-state index in [9.17, 15) is 0 Å². The topological polar surface area (TPSA) is 30.5 Å². The van der Waals surface area contributed by atoms with Crippen molar-refractivity contribution in [1.29, 1.82) is 0 Å². The molecule has 2 heterocycles. The van der Waals surface area contributed by atoms with Gasteiger partial charge in [0.25, 0.3) is 0 Å². The molecule has 19 heavy (non-hydrogen) atoms. The van der Waals surface area contributed by atoms with E-state index < -0.39 is 0 Å². The molecule has 1 saturated heterocycles. The molecule has 1 aromatic carbocycles. The van der Waals surface area contributed by atoms with Gasteiger partial charge in [0.05, 0.1) is 12.7 Å². The summed E-state index contributed by atoms with van der Waals surface area (Å²) in [5.74, 6) is 1.53. The fraction of sp³-hybridized carbons (Fsp3) is 0.625. The molecule has 1 fully saturated rings. The lowest BCUT2D eigenvalue weighted by Crippen LogP contribution is -2.39. The summed E-state index contributed by atoms with van der Waals surface area (Å²) in [6.07, 6.45) is 4.09. The molecule has 3 atom stereocenters. The lowest BCUT2D eigenvalue weighted by molar-refractivity contribution is 0.0130. The van der Waals surface area contributed by atoms with Crippen molar-refractivity contribution >= 4 is 0 Å². The highest BCUT2D eigenvalue weighted by molar-refractivity contribution is 5.37. The Labute approximate surface area is 115 Å². The fourth-order valence-electron chi connectivity index (χ4n) is 3.03. The first-order valence-electron chi connectivity index (χ1n) is 7.41. The van der Waals surface area contributed by atoms with E-state index in [0.717, 1.165) is 25.5 Å². The van der Waals surface area contributed by atoms with Crippen molar-refractivity contribution in [2.24, 2.45) is 5.92 Å². The first-order valence-corrected chi connectivity index (χ1v) is 7.41. The summed E-state index contributed by atoms with van der Waals surface area (Å²) < 4.78 is 11.6. The standard InChI is InChI=1S/C16H23NO2/c1-12-11-19-15-8-3-2-7-14(15)16(12)17-10-13-6-4-5-9-18-13/h2-3,7-8,12-13,16-17H,4-6,9-11H2,1H3. The molecular weight excluding hydrogens is 238 g/mol. The summed E-state index contributed by atoms with van der Waals surface area (Å²) in [6.45, 7) is 4.91. The second-order valence-electron chi connectivity index (χ2n) is 5.70. The first-order chi connectivity index (χ1) is 9.34. The highest BCUT2D eigenvalue weighted by Crippen LogP contribution is 2.35. The predicted octanol–water partition coefficient (Wildman–Crippen LogP) is 2.91. The Morgan fingerprint density at radius 2 is 2.16 bits per heavy atom. The maximum absolute atomic E-state index is 5.80. The third-order valence-corrected chi connectivity index (χ3v) is 4.16. The summed E-state index contributed by atoms with van der Waals surface area (Å²) in [7, 11) is 0. The Bertz CT molecular complexity index is 415. The molecule has 104 valence electrons. The maximum atomic E-state index is 5.80. The first kappa shape index (κ1) is 12.9. The summed E-state index contributed by atoms with van der Waals surface area (Å²) in [5, 5.41) is 3.69. The van der Waals surface area contributed by atoms with Crippen LogP contribution in [0.3, 0.4) is 0 Å². The Morgan fingerprint density at radius 3 is 3.00 bits per heavy atom. The summed E-state index contributed by atoms with van der Waals surface area (Å²) >= 11 is 0. The molecule has 0 aliphatic carbocycles. The van der Waals surface area contributed by atoms with Crippen LogP contribution in [0.1, 0.15) is 37.8 Å². The van der Waals surface area contributed by atoms with E-state index >= 15 is 0 Å². The highest BCUT2D eigenvalue weighted by Gasteiger charge is 2.28. The molecule has 3 unspecified atom stereocenters. The monoisotopic (exact) mass is 261 g/mol. The molecule has 2 aliphatic rings. The van der Waals surface area contributed by atoms with Crippen molar-refractivity contribution < 1.29 is 9.47 Å². The Balaban J connectivity index is 1.65. The van der Waals surface area contributed by atoms with Gasteiger partial charge in [-0.1, -0.05) is 25.1 Å². The fourth-order valence-corrected chi connectivity index (χ4v) is 3.03. The minimum atomic E-state index is 0.385. The molecule has 3 heteroatoms. The molecule has 2 aliphatic heterocycles. The van der Waals surface area contributed by atoms with Crippen molar-refractivity contribution in [2.45, 2.75) is 38.3 Å². The molecule has 1 N–H and O–H groups in total. The van der Waals surface area contributed by atoms with Crippen LogP contribution in [0.25, 0.3) is 0 Å². The van der Waals surface area contributed by atoms with Crippen molar-refractivity contribution in [1.82, 2.24) is 5.32 Å². The highest BCUT2D eigenvalue weighted by atomic mass is 16.5. The van der Waals surface area contributed by atoms with Gasteiger partial charge < -0.3 is 14.8 Å². The van der Waals surface area contributed by atoms with Crippen LogP contribution in [0.2, 0.25) is 0 Å². The Kier molecular flexibility index (Phi) is 4.04. The van der Waals surface area contributed by atoms with Crippen LogP contribution in [0.4, 0.5) is 0 Å². The normalized spacial score (nSPS) is 30.5. The summed E-state index contributed by atoms with van der Waals surface area (Å²) in [6, 6.07) is 8.75. The zero-order chi connectivity index (χ0) is 13.1. The van der Waals surface area contributed by atoms with Gasteiger partial charge in [0.15, 0.2) is 0 Å². The number of rotatable bonds is 3. The predicted molar refractivity (Wildman–Crippen MR) is 75.4 cm³/mol. The molecule has 1 aromatic rings. The quantitative estimate of drug-likeness (QED) is 0.907. The number of ether oxygens (including phenoxy) is 2. The molecule has 0 spiro atoms. The molecule has 3 rings (SSSR count). The largest absolute Gasteiger partial charge is 0.493 e. The van der Waals surface area contributed by atoms with Gasteiger partial charge in [-0.25, -0.2) is 0 Å². The number of fused-ring (bicyclic) bond motifs is 1. The SMILES string of the molecule is CC1COc2ccccc2C1NCC1CCCCO1. The Morgan fingerprint density at radius 1 is 1.26 bits per heavy atom. The van der Waals surface area contributed by atoms with Gasteiger partial charge in [0, 0.05) is 30.7 Å². The lowest BCUT2D eigenvalue weighted by Gasteiger charge is -2.34. The average molecular weight is 261 g/mol. The summed E-state index contributed by atoms with van der Waals surface area (Å²) in [4.78, 5) is 0. The van der Waals surface area contributed by atoms with Gasteiger partial charge in [-0.3, -0.25) is 0 Å².